The zero-order chi connectivity index (χ0) is 16.2. The van der Waals surface area contributed by atoms with Crippen molar-refractivity contribution in [3.05, 3.63) is 48.5 Å². The first-order chi connectivity index (χ1) is 11.2. The number of aromatic nitrogens is 5. The third-order valence-electron chi connectivity index (χ3n) is 3.18. The van der Waals surface area contributed by atoms with Gasteiger partial charge < -0.3 is 5.32 Å². The zero-order valence-corrected chi connectivity index (χ0v) is 12.9. The number of carbonyl (C=O) groups is 1. The number of hydrogen-bond acceptors (Lipinski definition) is 5. The summed E-state index contributed by atoms with van der Waals surface area (Å²) in [4.78, 5) is 24.7. The van der Waals surface area contributed by atoms with Crippen LogP contribution in [-0.4, -0.2) is 30.6 Å². The summed E-state index contributed by atoms with van der Waals surface area (Å²) in [6, 6.07) is 7.26. The van der Waals surface area contributed by atoms with Crippen LogP contribution in [0.2, 0.25) is 0 Å². The van der Waals surface area contributed by atoms with Gasteiger partial charge in [-0.05, 0) is 25.1 Å². The highest BCUT2D eigenvalue weighted by molar-refractivity contribution is 5.89. The molecule has 0 aliphatic heterocycles. The molecule has 7 nitrogen and oxygen atoms in total. The van der Waals surface area contributed by atoms with Gasteiger partial charge in [0.1, 0.15) is 5.82 Å². The molecule has 116 valence electrons. The highest BCUT2D eigenvalue weighted by Gasteiger charge is 2.11. The van der Waals surface area contributed by atoms with Crippen LogP contribution in [0.1, 0.15) is 19.0 Å². The quantitative estimate of drug-likeness (QED) is 0.799. The van der Waals surface area contributed by atoms with Crippen molar-refractivity contribution in [3.8, 4) is 17.2 Å². The Balaban J connectivity index is 2.08. The summed E-state index contributed by atoms with van der Waals surface area (Å²) in [5.41, 5.74) is 1.65. The van der Waals surface area contributed by atoms with Gasteiger partial charge in [-0.3, -0.25) is 9.78 Å². The zero-order valence-electron chi connectivity index (χ0n) is 12.9. The number of nitrogens with zero attached hydrogens (tertiary/aromatic N) is 5. The van der Waals surface area contributed by atoms with E-state index >= 15 is 0 Å². The Morgan fingerprint density at radius 2 is 2.17 bits per heavy atom. The van der Waals surface area contributed by atoms with Crippen LogP contribution in [0.5, 0.6) is 0 Å². The van der Waals surface area contributed by atoms with E-state index in [0.717, 1.165) is 11.3 Å². The standard InChI is InChI=1S/C16H16N6O/c1-3-15(23)18-13-9-14(22-8-6-11(2)21-22)20-16(19-13)12-5-4-7-17-10-12/h4-10H,3H2,1-2H3,(H,18,19,20,23). The van der Waals surface area contributed by atoms with Crippen molar-refractivity contribution < 1.29 is 4.79 Å². The summed E-state index contributed by atoms with van der Waals surface area (Å²) in [5, 5.41) is 7.12. The summed E-state index contributed by atoms with van der Waals surface area (Å²) < 4.78 is 1.65. The van der Waals surface area contributed by atoms with E-state index in [1.165, 1.54) is 0 Å². The van der Waals surface area contributed by atoms with Crippen molar-refractivity contribution >= 4 is 11.7 Å². The fourth-order valence-electron chi connectivity index (χ4n) is 2.01. The monoisotopic (exact) mass is 308 g/mol. The number of aryl methyl sites for hydroxylation is 1. The SMILES string of the molecule is CCC(=O)Nc1cc(-n2ccc(C)n2)nc(-c2cccnc2)n1. The first kappa shape index (κ1) is 14.8. The number of carbonyl (C=O) groups excluding carboxylic acids is 1. The summed E-state index contributed by atoms with van der Waals surface area (Å²) in [6.07, 6.45) is 5.56. The molecular weight excluding hydrogens is 292 g/mol. The van der Waals surface area contributed by atoms with Crippen LogP contribution in [0.15, 0.2) is 42.9 Å². The molecule has 23 heavy (non-hydrogen) atoms. The van der Waals surface area contributed by atoms with Gasteiger partial charge in [0.25, 0.3) is 0 Å². The van der Waals surface area contributed by atoms with Gasteiger partial charge in [0.15, 0.2) is 11.6 Å². The van der Waals surface area contributed by atoms with Crippen LogP contribution in [0.25, 0.3) is 17.2 Å². The molecule has 0 saturated heterocycles. The lowest BCUT2D eigenvalue weighted by molar-refractivity contribution is -0.115. The number of pyridine rings is 1. The van der Waals surface area contributed by atoms with Crippen molar-refractivity contribution in [2.24, 2.45) is 0 Å². The summed E-state index contributed by atoms with van der Waals surface area (Å²) in [6.45, 7) is 3.69. The van der Waals surface area contributed by atoms with Crippen LogP contribution < -0.4 is 5.32 Å². The molecule has 7 heteroatoms. The molecule has 0 saturated carbocycles. The van der Waals surface area contributed by atoms with E-state index in [4.69, 9.17) is 0 Å². The fraction of sp³-hybridized carbons (Fsp3) is 0.188. The Labute approximate surface area is 133 Å². The van der Waals surface area contributed by atoms with E-state index in [9.17, 15) is 4.79 Å². The molecule has 0 fully saturated rings. The minimum atomic E-state index is -0.108. The molecule has 3 rings (SSSR count). The molecule has 3 aromatic rings. The second kappa shape index (κ2) is 6.35. The van der Waals surface area contributed by atoms with Crippen molar-refractivity contribution in [3.63, 3.8) is 0 Å². The Morgan fingerprint density at radius 1 is 1.30 bits per heavy atom. The van der Waals surface area contributed by atoms with Crippen LogP contribution in [-0.2, 0) is 4.79 Å². The Morgan fingerprint density at radius 3 is 2.83 bits per heavy atom. The largest absolute Gasteiger partial charge is 0.311 e. The first-order valence-corrected chi connectivity index (χ1v) is 7.27. The lowest BCUT2D eigenvalue weighted by Gasteiger charge is -2.09. The van der Waals surface area contributed by atoms with Crippen molar-refractivity contribution in [2.45, 2.75) is 20.3 Å². The number of hydrogen-bond donors (Lipinski definition) is 1. The lowest BCUT2D eigenvalue weighted by Crippen LogP contribution is -2.13. The van der Waals surface area contributed by atoms with Crippen molar-refractivity contribution in [2.75, 3.05) is 5.32 Å². The normalized spacial score (nSPS) is 10.5. The van der Waals surface area contributed by atoms with Gasteiger partial charge in [0.2, 0.25) is 5.91 Å². The maximum atomic E-state index is 11.7. The van der Waals surface area contributed by atoms with Crippen LogP contribution in [0.3, 0.4) is 0 Å². The van der Waals surface area contributed by atoms with Gasteiger partial charge in [-0.15, -0.1) is 0 Å². The van der Waals surface area contributed by atoms with Crippen LogP contribution in [0, 0.1) is 6.92 Å². The molecule has 0 aromatic carbocycles. The van der Waals surface area contributed by atoms with Gasteiger partial charge in [-0.2, -0.15) is 5.10 Å². The molecule has 0 aliphatic carbocycles. The second-order valence-electron chi connectivity index (χ2n) is 4.98. The molecule has 0 atom stereocenters. The number of anilines is 1. The average molecular weight is 308 g/mol. The summed E-state index contributed by atoms with van der Waals surface area (Å²) in [5.74, 6) is 1.39. The van der Waals surface area contributed by atoms with E-state index < -0.39 is 0 Å². The fourth-order valence-corrected chi connectivity index (χ4v) is 2.01. The minimum Gasteiger partial charge on any atom is -0.311 e. The second-order valence-corrected chi connectivity index (χ2v) is 4.98. The van der Waals surface area contributed by atoms with Gasteiger partial charge in [0.05, 0.1) is 5.69 Å². The van der Waals surface area contributed by atoms with Crippen LogP contribution in [0.4, 0.5) is 5.82 Å². The molecule has 1 N–H and O–H groups in total. The first-order valence-electron chi connectivity index (χ1n) is 7.27. The third kappa shape index (κ3) is 3.39. The van der Waals surface area contributed by atoms with Crippen LogP contribution >= 0.6 is 0 Å². The van der Waals surface area contributed by atoms with E-state index in [1.807, 2.05) is 31.3 Å². The summed E-state index contributed by atoms with van der Waals surface area (Å²) >= 11 is 0. The molecule has 0 radical (unpaired) electrons. The Bertz CT molecular complexity index is 828. The Hall–Kier alpha value is -3.09. The molecule has 0 spiro atoms. The number of amides is 1. The van der Waals surface area contributed by atoms with E-state index in [-0.39, 0.29) is 5.91 Å². The Kier molecular flexibility index (Phi) is 4.09. The summed E-state index contributed by atoms with van der Waals surface area (Å²) in [7, 11) is 0. The predicted octanol–water partition coefficient (Wildman–Crippen LogP) is 2.38. The number of rotatable bonds is 4. The average Bonchev–Trinajstić information content (AvgIpc) is 3.02. The molecular formula is C16H16N6O. The maximum Gasteiger partial charge on any atom is 0.225 e. The smallest absolute Gasteiger partial charge is 0.225 e. The van der Waals surface area contributed by atoms with Gasteiger partial charge in [0, 0.05) is 36.6 Å². The molecule has 1 amide bonds. The molecule has 3 aromatic heterocycles. The number of nitrogens with one attached hydrogen (secondary N) is 1. The van der Waals surface area contributed by atoms with Crippen molar-refractivity contribution in [1.82, 2.24) is 24.7 Å². The molecule has 0 aliphatic rings. The van der Waals surface area contributed by atoms with E-state index in [1.54, 1.807) is 30.1 Å². The third-order valence-corrected chi connectivity index (χ3v) is 3.18. The molecule has 0 bridgehead atoms. The maximum absolute atomic E-state index is 11.7. The van der Waals surface area contributed by atoms with Crippen molar-refractivity contribution in [1.29, 1.82) is 0 Å². The van der Waals surface area contributed by atoms with Gasteiger partial charge >= 0.3 is 0 Å². The van der Waals surface area contributed by atoms with Gasteiger partial charge in [-0.25, -0.2) is 14.6 Å². The topological polar surface area (TPSA) is 85.6 Å². The predicted molar refractivity (Wildman–Crippen MR) is 86.0 cm³/mol. The van der Waals surface area contributed by atoms with E-state index in [0.29, 0.717) is 23.9 Å². The molecule has 3 heterocycles. The highest BCUT2D eigenvalue weighted by atomic mass is 16.1. The lowest BCUT2D eigenvalue weighted by atomic mass is 10.2. The van der Waals surface area contributed by atoms with E-state index in [2.05, 4.69) is 25.4 Å². The molecule has 0 unspecified atom stereocenters. The minimum absolute atomic E-state index is 0.108. The van der Waals surface area contributed by atoms with Gasteiger partial charge in [-0.1, -0.05) is 6.92 Å². The highest BCUT2D eigenvalue weighted by Crippen LogP contribution is 2.19.